The first-order valence-corrected chi connectivity index (χ1v) is 6.63. The highest BCUT2D eigenvalue weighted by molar-refractivity contribution is 5.89. The summed E-state index contributed by atoms with van der Waals surface area (Å²) in [4.78, 5) is 22.6. The van der Waals surface area contributed by atoms with Crippen molar-refractivity contribution in [1.29, 1.82) is 0 Å². The molecule has 2 rings (SSSR count). The number of hydrogen-bond donors (Lipinski definition) is 1. The molecule has 1 aromatic rings. The maximum Gasteiger partial charge on any atom is 0.412 e. The Bertz CT molecular complexity index is 515. The van der Waals surface area contributed by atoms with E-state index in [-0.39, 0.29) is 6.10 Å². The summed E-state index contributed by atoms with van der Waals surface area (Å²) in [5.74, 6) is 0.559. The predicted octanol–water partition coefficient (Wildman–Crippen LogP) is 3.39. The molecule has 1 aliphatic rings. The first kappa shape index (κ1) is 14.4. The number of anilines is 1. The van der Waals surface area contributed by atoms with Gasteiger partial charge in [0.1, 0.15) is 17.6 Å². The van der Waals surface area contributed by atoms with E-state index in [4.69, 9.17) is 9.47 Å². The number of ether oxygens (including phenoxy) is 2. The molecule has 5 nitrogen and oxygen atoms in total. The van der Waals surface area contributed by atoms with E-state index in [0.717, 1.165) is 19.1 Å². The van der Waals surface area contributed by atoms with Crippen molar-refractivity contribution in [2.45, 2.75) is 45.3 Å². The standard InChI is InChI=1S/C15H19NO4/c1-15(2,3)20-14(18)16-12-8-10(9-17)4-7-13(12)19-11-5-6-11/h4,7-9,11H,5-6H2,1-3H3,(H,16,18). The summed E-state index contributed by atoms with van der Waals surface area (Å²) in [6.07, 6.45) is 2.39. The van der Waals surface area contributed by atoms with Crippen LogP contribution in [0.2, 0.25) is 0 Å². The van der Waals surface area contributed by atoms with Crippen LogP contribution < -0.4 is 10.1 Å². The predicted molar refractivity (Wildman–Crippen MR) is 75.3 cm³/mol. The van der Waals surface area contributed by atoms with Crippen LogP contribution in [0, 0.1) is 0 Å². The maximum atomic E-state index is 11.8. The average molecular weight is 277 g/mol. The Kier molecular flexibility index (Phi) is 3.97. The second-order valence-corrected chi connectivity index (χ2v) is 5.82. The Morgan fingerprint density at radius 3 is 2.60 bits per heavy atom. The van der Waals surface area contributed by atoms with Crippen molar-refractivity contribution in [3.63, 3.8) is 0 Å². The zero-order valence-electron chi connectivity index (χ0n) is 11.9. The third-order valence-electron chi connectivity index (χ3n) is 2.59. The van der Waals surface area contributed by atoms with Gasteiger partial charge in [-0.2, -0.15) is 0 Å². The first-order chi connectivity index (χ1) is 9.37. The maximum absolute atomic E-state index is 11.8. The highest BCUT2D eigenvalue weighted by Crippen LogP contribution is 2.32. The van der Waals surface area contributed by atoms with Crippen molar-refractivity contribution in [2.24, 2.45) is 0 Å². The highest BCUT2D eigenvalue weighted by Gasteiger charge is 2.25. The molecule has 1 amide bonds. The van der Waals surface area contributed by atoms with Gasteiger partial charge in [0.05, 0.1) is 11.8 Å². The van der Waals surface area contributed by atoms with Crippen molar-refractivity contribution < 1.29 is 19.1 Å². The summed E-state index contributed by atoms with van der Waals surface area (Å²) in [6.45, 7) is 5.36. The number of hydrogen-bond acceptors (Lipinski definition) is 4. The molecule has 5 heteroatoms. The average Bonchev–Trinajstić information content (AvgIpc) is 3.12. The van der Waals surface area contributed by atoms with Crippen molar-refractivity contribution in [2.75, 3.05) is 5.32 Å². The van der Waals surface area contributed by atoms with E-state index in [1.807, 2.05) is 0 Å². The number of carbonyl (C=O) groups excluding carboxylic acids is 2. The van der Waals surface area contributed by atoms with Gasteiger partial charge < -0.3 is 9.47 Å². The fourth-order valence-electron chi connectivity index (χ4n) is 1.60. The van der Waals surface area contributed by atoms with Crippen LogP contribution >= 0.6 is 0 Å². The van der Waals surface area contributed by atoms with Crippen LogP contribution in [0.4, 0.5) is 10.5 Å². The first-order valence-electron chi connectivity index (χ1n) is 6.63. The van der Waals surface area contributed by atoms with Crippen molar-refractivity contribution in [3.8, 4) is 5.75 Å². The lowest BCUT2D eigenvalue weighted by atomic mass is 10.2. The molecule has 108 valence electrons. The molecular weight excluding hydrogens is 258 g/mol. The summed E-state index contributed by atoms with van der Waals surface area (Å²) in [7, 11) is 0. The lowest BCUT2D eigenvalue weighted by molar-refractivity contribution is 0.0635. The molecule has 20 heavy (non-hydrogen) atoms. The van der Waals surface area contributed by atoms with E-state index >= 15 is 0 Å². The van der Waals surface area contributed by atoms with Crippen LogP contribution in [-0.2, 0) is 4.74 Å². The minimum Gasteiger partial charge on any atom is -0.488 e. The normalized spacial score (nSPS) is 14.6. The molecule has 0 heterocycles. The molecule has 0 aliphatic heterocycles. The van der Waals surface area contributed by atoms with E-state index in [0.29, 0.717) is 17.0 Å². The fraction of sp³-hybridized carbons (Fsp3) is 0.467. The summed E-state index contributed by atoms with van der Waals surface area (Å²) < 4.78 is 10.9. The molecule has 1 fully saturated rings. The van der Waals surface area contributed by atoms with Crippen LogP contribution in [0.1, 0.15) is 44.0 Å². The van der Waals surface area contributed by atoms with Crippen LogP contribution in [0.5, 0.6) is 5.75 Å². The molecule has 1 N–H and O–H groups in total. The van der Waals surface area contributed by atoms with E-state index < -0.39 is 11.7 Å². The van der Waals surface area contributed by atoms with Crippen molar-refractivity contribution in [1.82, 2.24) is 0 Å². The Balaban J connectivity index is 2.14. The lowest BCUT2D eigenvalue weighted by Gasteiger charge is -2.20. The van der Waals surface area contributed by atoms with Crippen LogP contribution in [-0.4, -0.2) is 24.1 Å². The Hall–Kier alpha value is -2.04. The minimum absolute atomic E-state index is 0.205. The second kappa shape index (κ2) is 5.53. The SMILES string of the molecule is CC(C)(C)OC(=O)Nc1cc(C=O)ccc1OC1CC1. The number of carbonyl (C=O) groups is 2. The molecule has 0 unspecified atom stereocenters. The van der Waals surface area contributed by atoms with Gasteiger partial charge in [-0.15, -0.1) is 0 Å². The van der Waals surface area contributed by atoms with Gasteiger partial charge >= 0.3 is 6.09 Å². The summed E-state index contributed by atoms with van der Waals surface area (Å²) >= 11 is 0. The van der Waals surface area contributed by atoms with Gasteiger partial charge in [-0.3, -0.25) is 10.1 Å². The molecule has 1 aliphatic carbocycles. The summed E-state index contributed by atoms with van der Waals surface area (Å²) in [5.41, 5.74) is 0.346. The zero-order chi connectivity index (χ0) is 14.8. The number of aldehydes is 1. The van der Waals surface area contributed by atoms with Gasteiger partial charge in [0.2, 0.25) is 0 Å². The van der Waals surface area contributed by atoms with Crippen molar-refractivity contribution >= 4 is 18.1 Å². The smallest absolute Gasteiger partial charge is 0.412 e. The van der Waals surface area contributed by atoms with E-state index in [1.54, 1.807) is 39.0 Å². The third-order valence-corrected chi connectivity index (χ3v) is 2.59. The molecule has 0 atom stereocenters. The van der Waals surface area contributed by atoms with Crippen LogP contribution in [0.25, 0.3) is 0 Å². The number of nitrogens with one attached hydrogen (secondary N) is 1. The van der Waals surface area contributed by atoms with Gasteiger partial charge in [0.25, 0.3) is 0 Å². The van der Waals surface area contributed by atoms with Crippen LogP contribution in [0.15, 0.2) is 18.2 Å². The number of amides is 1. The molecule has 1 saturated carbocycles. The van der Waals surface area contributed by atoms with Gasteiger partial charge in [-0.1, -0.05) is 0 Å². The largest absolute Gasteiger partial charge is 0.488 e. The Morgan fingerprint density at radius 2 is 2.05 bits per heavy atom. The second-order valence-electron chi connectivity index (χ2n) is 5.82. The monoisotopic (exact) mass is 277 g/mol. The van der Waals surface area contributed by atoms with E-state index in [2.05, 4.69) is 5.32 Å². The summed E-state index contributed by atoms with van der Waals surface area (Å²) in [6, 6.07) is 4.92. The fourth-order valence-corrected chi connectivity index (χ4v) is 1.60. The Morgan fingerprint density at radius 1 is 1.35 bits per heavy atom. The quantitative estimate of drug-likeness (QED) is 0.857. The van der Waals surface area contributed by atoms with Crippen LogP contribution in [0.3, 0.4) is 0 Å². The zero-order valence-corrected chi connectivity index (χ0v) is 11.9. The Labute approximate surface area is 118 Å². The lowest BCUT2D eigenvalue weighted by Crippen LogP contribution is -2.27. The molecule has 0 spiro atoms. The number of rotatable bonds is 4. The highest BCUT2D eigenvalue weighted by atomic mass is 16.6. The minimum atomic E-state index is -0.579. The molecule has 0 aromatic heterocycles. The summed E-state index contributed by atoms with van der Waals surface area (Å²) in [5, 5.41) is 2.63. The molecule has 0 saturated heterocycles. The molecule has 1 aromatic carbocycles. The van der Waals surface area contributed by atoms with Gasteiger partial charge in [-0.25, -0.2) is 4.79 Å². The van der Waals surface area contributed by atoms with E-state index in [9.17, 15) is 9.59 Å². The molecule has 0 bridgehead atoms. The van der Waals surface area contributed by atoms with Crippen molar-refractivity contribution in [3.05, 3.63) is 23.8 Å². The van der Waals surface area contributed by atoms with Gasteiger partial charge in [0.15, 0.2) is 0 Å². The topological polar surface area (TPSA) is 64.6 Å². The third kappa shape index (κ3) is 4.26. The van der Waals surface area contributed by atoms with Gasteiger partial charge in [-0.05, 0) is 51.8 Å². The van der Waals surface area contributed by atoms with E-state index in [1.165, 1.54) is 0 Å². The molecular formula is C15H19NO4. The van der Waals surface area contributed by atoms with Gasteiger partial charge in [0, 0.05) is 5.56 Å². The molecule has 0 radical (unpaired) electrons. The number of benzene rings is 1.